The Balaban J connectivity index is 1.66. The lowest BCUT2D eigenvalue weighted by atomic mass is 10.1. The van der Waals surface area contributed by atoms with Gasteiger partial charge in [0, 0.05) is 11.6 Å². The first-order valence-electron chi connectivity index (χ1n) is 8.02. The van der Waals surface area contributed by atoms with Crippen LogP contribution in [-0.2, 0) is 0 Å². The van der Waals surface area contributed by atoms with Crippen molar-refractivity contribution in [1.29, 1.82) is 0 Å². The summed E-state index contributed by atoms with van der Waals surface area (Å²) < 4.78 is 5.65. The molecule has 1 aromatic rings. The number of amides is 1. The summed E-state index contributed by atoms with van der Waals surface area (Å²) in [4.78, 5) is 14.7. The van der Waals surface area contributed by atoms with Crippen molar-refractivity contribution >= 4 is 5.91 Å². The molecule has 2 bridgehead atoms. The third-order valence-electron chi connectivity index (χ3n) is 4.42. The Bertz CT molecular complexity index is 521. The zero-order valence-corrected chi connectivity index (χ0v) is 12.6. The summed E-state index contributed by atoms with van der Waals surface area (Å²) in [6.45, 7) is 2.89. The number of benzene rings is 1. The van der Waals surface area contributed by atoms with Crippen molar-refractivity contribution in [2.24, 2.45) is 0 Å². The minimum absolute atomic E-state index is 0.159. The van der Waals surface area contributed by atoms with Gasteiger partial charge in [0.25, 0.3) is 5.91 Å². The van der Waals surface area contributed by atoms with Crippen LogP contribution in [0.1, 0.15) is 49.4 Å². The molecular formula is C18H23NO2. The topological polar surface area (TPSA) is 29.5 Å². The number of ether oxygens (including phenoxy) is 1. The largest absolute Gasteiger partial charge is 0.494 e. The molecule has 0 aromatic heterocycles. The molecule has 3 rings (SSSR count). The van der Waals surface area contributed by atoms with Crippen LogP contribution < -0.4 is 4.74 Å². The molecule has 1 aromatic carbocycles. The number of nitrogens with zero attached hydrogens (tertiary/aromatic N) is 1. The molecule has 2 atom stereocenters. The van der Waals surface area contributed by atoms with Crippen LogP contribution in [-0.4, -0.2) is 29.5 Å². The maximum Gasteiger partial charge on any atom is 0.254 e. The third-order valence-corrected chi connectivity index (χ3v) is 4.42. The summed E-state index contributed by atoms with van der Waals surface area (Å²) >= 11 is 0. The third kappa shape index (κ3) is 2.97. The lowest BCUT2D eigenvalue weighted by Crippen LogP contribution is -2.42. The molecule has 2 aliphatic heterocycles. The van der Waals surface area contributed by atoms with E-state index in [1.165, 1.54) is 0 Å². The van der Waals surface area contributed by atoms with Gasteiger partial charge in [-0.2, -0.15) is 0 Å². The van der Waals surface area contributed by atoms with Crippen LogP contribution in [0.4, 0.5) is 0 Å². The number of rotatable bonds is 5. The van der Waals surface area contributed by atoms with Crippen molar-refractivity contribution in [2.75, 3.05) is 6.61 Å². The second-order valence-electron chi connectivity index (χ2n) is 5.90. The fourth-order valence-electron chi connectivity index (χ4n) is 3.22. The van der Waals surface area contributed by atoms with E-state index in [4.69, 9.17) is 4.74 Å². The van der Waals surface area contributed by atoms with E-state index in [9.17, 15) is 4.79 Å². The zero-order valence-electron chi connectivity index (χ0n) is 12.6. The summed E-state index contributed by atoms with van der Waals surface area (Å²) in [6, 6.07) is 8.29. The van der Waals surface area contributed by atoms with Crippen LogP contribution in [0.15, 0.2) is 36.4 Å². The number of fused-ring (bicyclic) bond motifs is 2. The van der Waals surface area contributed by atoms with Crippen LogP contribution in [0.5, 0.6) is 5.75 Å². The van der Waals surface area contributed by atoms with E-state index in [1.54, 1.807) is 0 Å². The van der Waals surface area contributed by atoms with E-state index in [-0.39, 0.29) is 5.91 Å². The summed E-state index contributed by atoms with van der Waals surface area (Å²) in [5, 5.41) is 0. The van der Waals surface area contributed by atoms with Gasteiger partial charge in [0.05, 0.1) is 12.6 Å². The van der Waals surface area contributed by atoms with Gasteiger partial charge >= 0.3 is 0 Å². The number of unbranched alkanes of at least 4 members (excludes halogenated alkanes) is 1. The van der Waals surface area contributed by atoms with Crippen molar-refractivity contribution in [3.8, 4) is 5.75 Å². The highest BCUT2D eigenvalue weighted by atomic mass is 16.5. The fourth-order valence-corrected chi connectivity index (χ4v) is 3.22. The summed E-state index contributed by atoms with van der Waals surface area (Å²) in [6.07, 6.45) is 9.82. The molecule has 2 heterocycles. The summed E-state index contributed by atoms with van der Waals surface area (Å²) in [5.74, 6) is 1.01. The second kappa shape index (κ2) is 6.33. The van der Waals surface area contributed by atoms with Gasteiger partial charge in [-0.25, -0.2) is 0 Å². The fraction of sp³-hybridized carbons (Fsp3) is 0.500. The molecule has 0 N–H and O–H groups in total. The first-order valence-corrected chi connectivity index (χ1v) is 8.02. The van der Waals surface area contributed by atoms with Crippen molar-refractivity contribution < 1.29 is 9.53 Å². The molecule has 0 radical (unpaired) electrons. The van der Waals surface area contributed by atoms with Crippen molar-refractivity contribution in [3.63, 3.8) is 0 Å². The van der Waals surface area contributed by atoms with E-state index in [1.807, 2.05) is 24.3 Å². The predicted molar refractivity (Wildman–Crippen MR) is 83.6 cm³/mol. The standard InChI is InChI=1S/C18H23NO2/c1-2-3-13-21-17-11-7-14(8-12-17)18(20)19-15-5-4-6-16(19)10-9-15/h4-5,7-8,11-12,15-16H,2-3,6,9-10,13H2,1H3. The first kappa shape index (κ1) is 14.2. The summed E-state index contributed by atoms with van der Waals surface area (Å²) in [7, 11) is 0. The molecule has 3 heteroatoms. The molecule has 2 aliphatic rings. The Hall–Kier alpha value is -1.77. The maximum atomic E-state index is 12.7. The molecular weight excluding hydrogens is 262 g/mol. The van der Waals surface area contributed by atoms with Gasteiger partial charge in [0.2, 0.25) is 0 Å². The van der Waals surface area contributed by atoms with Gasteiger partial charge in [-0.1, -0.05) is 25.5 Å². The van der Waals surface area contributed by atoms with Crippen molar-refractivity contribution in [3.05, 3.63) is 42.0 Å². The van der Waals surface area contributed by atoms with Gasteiger partial charge in [0.1, 0.15) is 5.75 Å². The van der Waals surface area contributed by atoms with Crippen molar-refractivity contribution in [1.82, 2.24) is 4.90 Å². The van der Waals surface area contributed by atoms with Crippen molar-refractivity contribution in [2.45, 2.75) is 51.1 Å². The molecule has 2 unspecified atom stereocenters. The van der Waals surface area contributed by atoms with E-state index < -0.39 is 0 Å². The number of carbonyl (C=O) groups excluding carboxylic acids is 1. The quantitative estimate of drug-likeness (QED) is 0.608. The molecule has 1 saturated heterocycles. The predicted octanol–water partition coefficient (Wildman–Crippen LogP) is 3.80. The number of carbonyl (C=O) groups is 1. The Morgan fingerprint density at radius 3 is 2.81 bits per heavy atom. The van der Waals surface area contributed by atoms with E-state index in [0.29, 0.717) is 12.1 Å². The van der Waals surface area contributed by atoms with Gasteiger partial charge in [-0.3, -0.25) is 4.79 Å². The Kier molecular flexibility index (Phi) is 4.28. The minimum Gasteiger partial charge on any atom is -0.494 e. The summed E-state index contributed by atoms with van der Waals surface area (Å²) in [5.41, 5.74) is 0.769. The Morgan fingerprint density at radius 2 is 2.10 bits per heavy atom. The number of hydrogen-bond donors (Lipinski definition) is 0. The highest BCUT2D eigenvalue weighted by molar-refractivity contribution is 5.95. The normalized spacial score (nSPS) is 23.4. The van der Waals surface area contributed by atoms with E-state index in [0.717, 1.165) is 50.0 Å². The lowest BCUT2D eigenvalue weighted by molar-refractivity contribution is 0.0689. The SMILES string of the molecule is CCCCOc1ccc(C(=O)N2C3C=CCC2CC3)cc1. The molecule has 0 spiro atoms. The molecule has 1 amide bonds. The highest BCUT2D eigenvalue weighted by Crippen LogP contribution is 2.32. The van der Waals surface area contributed by atoms with Gasteiger partial charge < -0.3 is 9.64 Å². The lowest BCUT2D eigenvalue weighted by Gasteiger charge is -2.31. The second-order valence-corrected chi connectivity index (χ2v) is 5.90. The molecule has 0 saturated carbocycles. The first-order chi connectivity index (χ1) is 10.3. The highest BCUT2D eigenvalue weighted by Gasteiger charge is 2.37. The molecule has 0 aliphatic carbocycles. The maximum absolute atomic E-state index is 12.7. The van der Waals surface area contributed by atoms with Crippen LogP contribution in [0, 0.1) is 0 Å². The van der Waals surface area contributed by atoms with Gasteiger partial charge in [-0.05, 0) is 49.9 Å². The molecule has 21 heavy (non-hydrogen) atoms. The van der Waals surface area contributed by atoms with E-state index in [2.05, 4.69) is 24.0 Å². The van der Waals surface area contributed by atoms with Crippen LogP contribution in [0.25, 0.3) is 0 Å². The van der Waals surface area contributed by atoms with Crippen LogP contribution in [0.3, 0.4) is 0 Å². The Labute approximate surface area is 126 Å². The van der Waals surface area contributed by atoms with E-state index >= 15 is 0 Å². The average Bonchev–Trinajstić information content (AvgIpc) is 2.76. The monoisotopic (exact) mass is 285 g/mol. The molecule has 3 nitrogen and oxygen atoms in total. The van der Waals surface area contributed by atoms with Gasteiger partial charge in [0.15, 0.2) is 0 Å². The van der Waals surface area contributed by atoms with Crippen LogP contribution in [0.2, 0.25) is 0 Å². The van der Waals surface area contributed by atoms with Crippen LogP contribution >= 0.6 is 0 Å². The number of hydrogen-bond acceptors (Lipinski definition) is 2. The van der Waals surface area contributed by atoms with Gasteiger partial charge in [-0.15, -0.1) is 0 Å². The molecule has 112 valence electrons. The Morgan fingerprint density at radius 1 is 1.29 bits per heavy atom. The zero-order chi connectivity index (χ0) is 14.7. The average molecular weight is 285 g/mol. The molecule has 1 fully saturated rings. The smallest absolute Gasteiger partial charge is 0.254 e. The minimum atomic E-state index is 0.159.